The number of benzene rings is 1. The van der Waals surface area contributed by atoms with E-state index in [0.717, 1.165) is 0 Å². The first kappa shape index (κ1) is 20.7. The molecule has 4 heterocycles. The maximum Gasteiger partial charge on any atom is 0.320 e. The van der Waals surface area contributed by atoms with E-state index in [1.165, 1.54) is 24.8 Å². The topological polar surface area (TPSA) is 133 Å². The molecule has 3 N–H and O–H groups in total. The summed E-state index contributed by atoms with van der Waals surface area (Å²) in [6.07, 6.45) is -0.363. The number of ether oxygens (including phenoxy) is 3. The van der Waals surface area contributed by atoms with Gasteiger partial charge in [-0.2, -0.15) is 0 Å². The van der Waals surface area contributed by atoms with Crippen LogP contribution in [0.2, 0.25) is 0 Å². The van der Waals surface area contributed by atoms with E-state index in [9.17, 15) is 14.3 Å². The largest absolute Gasteiger partial charge is 0.394 e. The lowest BCUT2D eigenvalue weighted by atomic mass is 10.1. The van der Waals surface area contributed by atoms with Crippen molar-refractivity contribution in [1.82, 2.24) is 24.8 Å². The molecule has 2 fully saturated rings. The second-order valence-corrected chi connectivity index (χ2v) is 7.36. The fraction of sp³-hybridized carbons (Fsp3) is 0.400. The molecule has 0 spiro atoms. The molecule has 168 valence electrons. The second-order valence-electron chi connectivity index (χ2n) is 7.36. The van der Waals surface area contributed by atoms with Crippen LogP contribution in [-0.2, 0) is 14.2 Å². The zero-order valence-electron chi connectivity index (χ0n) is 17.0. The lowest BCUT2D eigenvalue weighted by Gasteiger charge is -2.20. The predicted molar refractivity (Wildman–Crippen MR) is 108 cm³/mol. The molecule has 3 aromatic rings. The van der Waals surface area contributed by atoms with Gasteiger partial charge in [-0.25, -0.2) is 24.1 Å². The van der Waals surface area contributed by atoms with E-state index < -0.39 is 36.9 Å². The third-order valence-corrected chi connectivity index (χ3v) is 5.37. The van der Waals surface area contributed by atoms with Crippen molar-refractivity contribution in [2.24, 2.45) is 0 Å². The molecule has 0 aliphatic carbocycles. The van der Waals surface area contributed by atoms with Crippen LogP contribution in [0, 0.1) is 5.82 Å². The van der Waals surface area contributed by atoms with Gasteiger partial charge in [-0.05, 0) is 19.1 Å². The summed E-state index contributed by atoms with van der Waals surface area (Å²) in [5.74, 6) is -0.108. The normalized spacial score (nSPS) is 26.9. The molecular weight excluding hydrogens is 423 g/mol. The molecule has 12 heteroatoms. The van der Waals surface area contributed by atoms with Crippen LogP contribution >= 0.6 is 0 Å². The summed E-state index contributed by atoms with van der Waals surface area (Å²) in [4.78, 5) is 24.6. The molecule has 5 unspecified atom stereocenters. The summed E-state index contributed by atoms with van der Waals surface area (Å²) in [5.41, 5.74) is 1.45. The lowest BCUT2D eigenvalue weighted by Crippen LogP contribution is -2.30. The van der Waals surface area contributed by atoms with Crippen molar-refractivity contribution >= 4 is 23.0 Å². The number of nitrogens with zero attached hydrogens (tertiary/aromatic N) is 4. The SMILES string of the molecule is CCNC(=O)Nc1ncnc2c1ncn2C1OC(CO)C2OC(c3ccc(F)cc3)OC21. The zero-order chi connectivity index (χ0) is 22.2. The molecule has 2 amide bonds. The Kier molecular flexibility index (Phi) is 5.43. The Morgan fingerprint density at radius 3 is 2.69 bits per heavy atom. The first-order valence-electron chi connectivity index (χ1n) is 10.1. The van der Waals surface area contributed by atoms with Crippen molar-refractivity contribution in [2.75, 3.05) is 18.5 Å². The van der Waals surface area contributed by atoms with Crippen LogP contribution in [0.5, 0.6) is 0 Å². The average Bonchev–Trinajstić information content (AvgIpc) is 3.48. The minimum absolute atomic E-state index is 0.251. The van der Waals surface area contributed by atoms with Crippen LogP contribution in [0.25, 0.3) is 11.2 Å². The van der Waals surface area contributed by atoms with Crippen LogP contribution in [0.3, 0.4) is 0 Å². The first-order chi connectivity index (χ1) is 15.6. The van der Waals surface area contributed by atoms with Gasteiger partial charge in [-0.1, -0.05) is 12.1 Å². The summed E-state index contributed by atoms with van der Waals surface area (Å²) in [5, 5.41) is 15.1. The number of rotatable bonds is 5. The van der Waals surface area contributed by atoms with Crippen molar-refractivity contribution < 1.29 is 28.5 Å². The van der Waals surface area contributed by atoms with E-state index in [1.54, 1.807) is 23.6 Å². The van der Waals surface area contributed by atoms with Gasteiger partial charge >= 0.3 is 6.03 Å². The highest BCUT2D eigenvalue weighted by Crippen LogP contribution is 2.44. The molecule has 2 aliphatic rings. The van der Waals surface area contributed by atoms with Gasteiger partial charge < -0.3 is 24.6 Å². The quantitative estimate of drug-likeness (QED) is 0.539. The number of urea groups is 1. The van der Waals surface area contributed by atoms with Gasteiger partial charge in [-0.3, -0.25) is 9.88 Å². The van der Waals surface area contributed by atoms with Gasteiger partial charge in [-0.15, -0.1) is 0 Å². The smallest absolute Gasteiger partial charge is 0.320 e. The van der Waals surface area contributed by atoms with Crippen molar-refractivity contribution in [3.05, 3.63) is 48.3 Å². The first-order valence-corrected chi connectivity index (χ1v) is 10.1. The molecule has 2 saturated heterocycles. The standard InChI is InChI=1S/C20H21FN6O5/c1-2-22-20(29)26-16-13-17(24-8-23-16)27(9-25-13)18-15-14(12(7-28)30-18)31-19(32-15)10-3-5-11(21)6-4-10/h3-6,8-9,12,14-15,18-19,28H,2,7H2,1H3,(H2,22,23,24,26,29). The molecule has 5 atom stereocenters. The van der Waals surface area contributed by atoms with Crippen LogP contribution in [0.1, 0.15) is 25.0 Å². The third kappa shape index (κ3) is 3.56. The highest BCUT2D eigenvalue weighted by atomic mass is 19.1. The number of nitrogens with one attached hydrogen (secondary N) is 2. The number of hydrogen-bond acceptors (Lipinski definition) is 8. The monoisotopic (exact) mass is 444 g/mol. The van der Waals surface area contributed by atoms with Gasteiger partial charge in [0, 0.05) is 12.1 Å². The predicted octanol–water partition coefficient (Wildman–Crippen LogP) is 1.48. The van der Waals surface area contributed by atoms with Crippen LogP contribution in [0.15, 0.2) is 36.9 Å². The molecule has 11 nitrogen and oxygen atoms in total. The molecule has 5 rings (SSSR count). The molecule has 2 aromatic heterocycles. The Hall–Kier alpha value is -3.19. The van der Waals surface area contributed by atoms with Gasteiger partial charge in [0.25, 0.3) is 0 Å². The number of imidazole rings is 1. The van der Waals surface area contributed by atoms with Crippen molar-refractivity contribution in [2.45, 2.75) is 37.8 Å². The molecule has 0 saturated carbocycles. The number of hydrogen-bond donors (Lipinski definition) is 3. The fourth-order valence-corrected chi connectivity index (χ4v) is 3.92. The number of anilines is 1. The summed E-state index contributed by atoms with van der Waals surface area (Å²) < 4.78 is 33.0. The Morgan fingerprint density at radius 1 is 1.16 bits per heavy atom. The number of halogens is 1. The highest BCUT2D eigenvalue weighted by molar-refractivity contribution is 5.95. The average molecular weight is 444 g/mol. The lowest BCUT2D eigenvalue weighted by molar-refractivity contribution is -0.153. The minimum atomic E-state index is -0.731. The number of aromatic nitrogens is 4. The summed E-state index contributed by atoms with van der Waals surface area (Å²) in [7, 11) is 0. The number of amides is 2. The van der Waals surface area contributed by atoms with Crippen molar-refractivity contribution in [3.8, 4) is 0 Å². The highest BCUT2D eigenvalue weighted by Gasteiger charge is 2.53. The van der Waals surface area contributed by atoms with Crippen LogP contribution in [0.4, 0.5) is 15.0 Å². The van der Waals surface area contributed by atoms with E-state index in [1.807, 2.05) is 0 Å². The van der Waals surface area contributed by atoms with Gasteiger partial charge in [0.05, 0.1) is 12.9 Å². The minimum Gasteiger partial charge on any atom is -0.394 e. The fourth-order valence-electron chi connectivity index (χ4n) is 3.92. The van der Waals surface area contributed by atoms with Gasteiger partial charge in [0.2, 0.25) is 0 Å². The number of aliphatic hydroxyl groups is 1. The summed E-state index contributed by atoms with van der Waals surface area (Å²) in [6.45, 7) is 1.99. The molecular formula is C20H21FN6O5. The van der Waals surface area contributed by atoms with Crippen molar-refractivity contribution in [3.63, 3.8) is 0 Å². The number of carbonyl (C=O) groups is 1. The Balaban J connectivity index is 1.44. The molecule has 0 bridgehead atoms. The number of carbonyl (C=O) groups excluding carboxylic acids is 1. The second kappa shape index (κ2) is 8.39. The molecule has 32 heavy (non-hydrogen) atoms. The zero-order valence-corrected chi connectivity index (χ0v) is 17.0. The third-order valence-electron chi connectivity index (χ3n) is 5.37. The van der Waals surface area contributed by atoms with Crippen LogP contribution in [-0.4, -0.2) is 62.1 Å². The maximum atomic E-state index is 13.3. The van der Waals surface area contributed by atoms with Crippen LogP contribution < -0.4 is 10.6 Å². The van der Waals surface area contributed by atoms with E-state index in [2.05, 4.69) is 25.6 Å². The number of aliphatic hydroxyl groups excluding tert-OH is 1. The van der Waals surface area contributed by atoms with E-state index in [-0.39, 0.29) is 18.2 Å². The Labute approximate surface area is 181 Å². The van der Waals surface area contributed by atoms with E-state index in [0.29, 0.717) is 23.3 Å². The Bertz CT molecular complexity index is 1130. The molecule has 0 radical (unpaired) electrons. The van der Waals surface area contributed by atoms with Gasteiger partial charge in [0.1, 0.15) is 30.5 Å². The molecule has 2 aliphatic heterocycles. The molecule has 1 aromatic carbocycles. The summed E-state index contributed by atoms with van der Waals surface area (Å²) >= 11 is 0. The number of fused-ring (bicyclic) bond motifs is 2. The maximum absolute atomic E-state index is 13.3. The van der Waals surface area contributed by atoms with E-state index in [4.69, 9.17) is 14.2 Å². The van der Waals surface area contributed by atoms with Crippen molar-refractivity contribution in [1.29, 1.82) is 0 Å². The summed E-state index contributed by atoms with van der Waals surface area (Å²) in [6, 6.07) is 5.43. The van der Waals surface area contributed by atoms with Gasteiger partial charge in [0.15, 0.2) is 29.5 Å². The van der Waals surface area contributed by atoms with E-state index >= 15 is 0 Å². The Morgan fingerprint density at radius 2 is 1.94 bits per heavy atom.